The highest BCUT2D eigenvalue weighted by Gasteiger charge is 2.27. The van der Waals surface area contributed by atoms with Crippen molar-refractivity contribution < 1.29 is 4.42 Å². The first-order valence-corrected chi connectivity index (χ1v) is 10.9. The van der Waals surface area contributed by atoms with Crippen LogP contribution in [0.15, 0.2) is 21.3 Å². The van der Waals surface area contributed by atoms with Crippen LogP contribution < -0.4 is 15.1 Å². The van der Waals surface area contributed by atoms with Crippen LogP contribution >= 0.6 is 11.9 Å². The number of rotatable bonds is 4. The van der Waals surface area contributed by atoms with Crippen LogP contribution in [0, 0.1) is 12.3 Å². The first-order valence-electron chi connectivity index (χ1n) is 10.1. The van der Waals surface area contributed by atoms with Crippen molar-refractivity contribution in [1.29, 1.82) is 0 Å². The lowest BCUT2D eigenvalue weighted by Gasteiger charge is -2.37. The van der Waals surface area contributed by atoms with Crippen LogP contribution in [0.2, 0.25) is 0 Å². The van der Waals surface area contributed by atoms with E-state index in [0.717, 1.165) is 37.3 Å². The molecule has 3 heterocycles. The van der Waals surface area contributed by atoms with Crippen LogP contribution in [-0.2, 0) is 0 Å². The van der Waals surface area contributed by atoms with Crippen LogP contribution in [0.1, 0.15) is 71.8 Å². The third-order valence-corrected chi connectivity index (χ3v) is 6.32. The summed E-state index contributed by atoms with van der Waals surface area (Å²) in [5.74, 6) is 0.663. The Bertz CT molecular complexity index is 904. The summed E-state index contributed by atoms with van der Waals surface area (Å²) in [6.45, 7) is 16.9. The molecule has 6 heteroatoms. The highest BCUT2D eigenvalue weighted by molar-refractivity contribution is 7.98. The lowest BCUT2D eigenvalue weighted by atomic mass is 9.83. The van der Waals surface area contributed by atoms with E-state index in [2.05, 4.69) is 51.2 Å². The molecular formula is C22H33N3O2S. The van der Waals surface area contributed by atoms with Gasteiger partial charge < -0.3 is 9.32 Å². The largest absolute Gasteiger partial charge is 0.438 e. The van der Waals surface area contributed by atoms with Gasteiger partial charge in [0.15, 0.2) is 16.9 Å². The number of hydrogen-bond acceptors (Lipinski definition) is 6. The van der Waals surface area contributed by atoms with Gasteiger partial charge in [-0.05, 0) is 58.9 Å². The molecule has 0 saturated carbocycles. The third kappa shape index (κ3) is 4.90. The van der Waals surface area contributed by atoms with E-state index < -0.39 is 0 Å². The molecule has 3 rings (SSSR count). The fraction of sp³-hybridized carbons (Fsp3) is 0.636. The lowest BCUT2D eigenvalue weighted by Crippen LogP contribution is -2.37. The van der Waals surface area contributed by atoms with Crippen LogP contribution in [0.4, 0.5) is 5.88 Å². The minimum Gasteiger partial charge on any atom is -0.438 e. The number of pyridine rings is 1. The monoisotopic (exact) mass is 403 g/mol. The summed E-state index contributed by atoms with van der Waals surface area (Å²) in [6, 6.07) is 3.44. The average Bonchev–Trinajstić information content (AvgIpc) is 2.59. The van der Waals surface area contributed by atoms with E-state index in [1.54, 1.807) is 18.0 Å². The Morgan fingerprint density at radius 1 is 1.25 bits per heavy atom. The summed E-state index contributed by atoms with van der Waals surface area (Å²) in [5, 5.41) is 0.609. The molecule has 2 aromatic rings. The van der Waals surface area contributed by atoms with E-state index in [1.165, 1.54) is 0 Å². The standard InChI is InChI=1S/C22H33N3O2S/c1-14-12-16-17(26)13-18(25-10-8-22(6,7)9-11-25)27-20(16)19(23-14)15(2)24-28-21(3,4)5/h12-13,15,24H,8-11H2,1-7H3. The highest BCUT2D eigenvalue weighted by Crippen LogP contribution is 2.34. The van der Waals surface area contributed by atoms with Gasteiger partial charge in [-0.2, -0.15) is 0 Å². The van der Waals surface area contributed by atoms with Crippen molar-refractivity contribution in [2.75, 3.05) is 18.0 Å². The Morgan fingerprint density at radius 2 is 1.89 bits per heavy atom. The van der Waals surface area contributed by atoms with Gasteiger partial charge in [0.25, 0.3) is 0 Å². The lowest BCUT2D eigenvalue weighted by molar-refractivity contribution is 0.274. The maximum atomic E-state index is 12.9. The fourth-order valence-corrected chi connectivity index (χ4v) is 4.04. The Balaban J connectivity index is 2.00. The maximum absolute atomic E-state index is 12.9. The van der Waals surface area contributed by atoms with Crippen molar-refractivity contribution in [2.45, 2.75) is 72.1 Å². The molecule has 0 aliphatic carbocycles. The number of aromatic nitrogens is 1. The second-order valence-corrected chi connectivity index (χ2v) is 11.3. The average molecular weight is 404 g/mol. The molecule has 1 atom stereocenters. The van der Waals surface area contributed by atoms with Crippen LogP contribution in [-0.4, -0.2) is 22.8 Å². The summed E-state index contributed by atoms with van der Waals surface area (Å²) in [7, 11) is 0. The number of nitrogens with one attached hydrogen (secondary N) is 1. The molecule has 0 amide bonds. The quantitative estimate of drug-likeness (QED) is 0.706. The molecule has 1 N–H and O–H groups in total. The molecule has 0 bridgehead atoms. The zero-order valence-electron chi connectivity index (χ0n) is 18.2. The van der Waals surface area contributed by atoms with Gasteiger partial charge in [0, 0.05) is 29.6 Å². The summed E-state index contributed by atoms with van der Waals surface area (Å²) in [4.78, 5) is 19.8. The van der Waals surface area contributed by atoms with Gasteiger partial charge in [0.2, 0.25) is 0 Å². The zero-order chi connectivity index (χ0) is 20.7. The van der Waals surface area contributed by atoms with Crippen molar-refractivity contribution in [3.8, 4) is 0 Å². The molecule has 1 aliphatic rings. The molecule has 1 fully saturated rings. The van der Waals surface area contributed by atoms with Crippen molar-refractivity contribution in [2.24, 2.45) is 5.41 Å². The molecule has 2 aromatic heterocycles. The Kier molecular flexibility index (Phi) is 5.84. The molecule has 0 radical (unpaired) electrons. The molecular weight excluding hydrogens is 370 g/mol. The van der Waals surface area contributed by atoms with Gasteiger partial charge in [-0.15, -0.1) is 0 Å². The van der Waals surface area contributed by atoms with Gasteiger partial charge in [-0.1, -0.05) is 25.8 Å². The predicted octanol–water partition coefficient (Wildman–Crippen LogP) is 5.22. The third-order valence-electron chi connectivity index (χ3n) is 5.23. The van der Waals surface area contributed by atoms with E-state index >= 15 is 0 Å². The van der Waals surface area contributed by atoms with Gasteiger partial charge in [-0.3, -0.25) is 14.5 Å². The molecule has 0 aromatic carbocycles. The van der Waals surface area contributed by atoms with E-state index in [4.69, 9.17) is 9.40 Å². The van der Waals surface area contributed by atoms with E-state index in [9.17, 15) is 4.79 Å². The second kappa shape index (κ2) is 7.71. The molecule has 1 aliphatic heterocycles. The number of anilines is 1. The van der Waals surface area contributed by atoms with Gasteiger partial charge in [0.1, 0.15) is 5.69 Å². The van der Waals surface area contributed by atoms with E-state index in [1.807, 2.05) is 13.0 Å². The minimum atomic E-state index is -0.0367. The van der Waals surface area contributed by atoms with Crippen molar-refractivity contribution >= 4 is 28.8 Å². The summed E-state index contributed by atoms with van der Waals surface area (Å²) < 4.78 is 9.85. The minimum absolute atomic E-state index is 0.00325. The van der Waals surface area contributed by atoms with Crippen LogP contribution in [0.5, 0.6) is 0 Å². The number of hydrogen-bond donors (Lipinski definition) is 1. The highest BCUT2D eigenvalue weighted by atomic mass is 32.2. The number of fused-ring (bicyclic) bond motifs is 1. The topological polar surface area (TPSA) is 58.4 Å². The molecule has 5 nitrogen and oxygen atoms in total. The number of piperidine rings is 1. The van der Waals surface area contributed by atoms with Gasteiger partial charge >= 0.3 is 0 Å². The molecule has 1 saturated heterocycles. The number of nitrogens with zero attached hydrogens (tertiary/aromatic N) is 2. The Morgan fingerprint density at radius 3 is 2.50 bits per heavy atom. The summed E-state index contributed by atoms with van der Waals surface area (Å²) in [5.41, 5.74) is 2.58. The molecule has 1 unspecified atom stereocenters. The van der Waals surface area contributed by atoms with Crippen molar-refractivity contribution in [3.05, 3.63) is 33.7 Å². The zero-order valence-corrected chi connectivity index (χ0v) is 19.0. The smallest absolute Gasteiger partial charge is 0.200 e. The molecule has 0 spiro atoms. The normalized spacial score (nSPS) is 18.5. The van der Waals surface area contributed by atoms with Crippen molar-refractivity contribution in [1.82, 2.24) is 9.71 Å². The van der Waals surface area contributed by atoms with Crippen LogP contribution in [0.3, 0.4) is 0 Å². The van der Waals surface area contributed by atoms with Gasteiger partial charge in [-0.25, -0.2) is 0 Å². The van der Waals surface area contributed by atoms with E-state index in [-0.39, 0.29) is 16.2 Å². The first-order chi connectivity index (χ1) is 13.0. The van der Waals surface area contributed by atoms with Crippen molar-refractivity contribution in [3.63, 3.8) is 0 Å². The SMILES string of the molecule is Cc1cc2c(=O)cc(N3CCC(C)(C)CC3)oc2c(C(C)NSC(C)(C)C)n1. The fourth-order valence-electron chi connectivity index (χ4n) is 3.40. The number of aryl methyl sites for hydroxylation is 1. The first kappa shape index (κ1) is 21.2. The predicted molar refractivity (Wildman–Crippen MR) is 119 cm³/mol. The second-order valence-electron chi connectivity index (χ2n) is 9.68. The van der Waals surface area contributed by atoms with Gasteiger partial charge in [0.05, 0.1) is 11.4 Å². The summed E-state index contributed by atoms with van der Waals surface area (Å²) in [6.07, 6.45) is 2.18. The molecule has 28 heavy (non-hydrogen) atoms. The van der Waals surface area contributed by atoms with Crippen LogP contribution in [0.25, 0.3) is 11.0 Å². The summed E-state index contributed by atoms with van der Waals surface area (Å²) >= 11 is 1.67. The Labute approximate surface area is 172 Å². The maximum Gasteiger partial charge on any atom is 0.200 e. The van der Waals surface area contributed by atoms with E-state index in [0.29, 0.717) is 22.3 Å². The Hall–Kier alpha value is -1.53. The molecule has 154 valence electrons.